The molecule has 0 fully saturated rings. The Labute approximate surface area is 103 Å². The summed E-state index contributed by atoms with van der Waals surface area (Å²) in [6, 6.07) is 5.58. The highest BCUT2D eigenvalue weighted by Crippen LogP contribution is 2.29. The fraction of sp³-hybridized carbons (Fsp3) is 0.538. The number of aliphatic hydroxyl groups excluding tert-OH is 1. The van der Waals surface area contributed by atoms with E-state index in [2.05, 4.69) is 5.32 Å². The van der Waals surface area contributed by atoms with Crippen LogP contribution in [0.15, 0.2) is 18.2 Å². The summed E-state index contributed by atoms with van der Waals surface area (Å²) in [5.74, 6) is 1.54. The average molecular weight is 239 g/mol. The minimum absolute atomic E-state index is 0.131. The molecule has 1 aromatic rings. The normalized spacial score (nSPS) is 11.1. The van der Waals surface area contributed by atoms with Gasteiger partial charge < -0.3 is 19.9 Å². The third-order valence-corrected chi connectivity index (χ3v) is 2.59. The van der Waals surface area contributed by atoms with Gasteiger partial charge in [-0.3, -0.25) is 0 Å². The number of benzene rings is 1. The Morgan fingerprint density at radius 3 is 2.47 bits per heavy atom. The van der Waals surface area contributed by atoms with Crippen LogP contribution in [0.5, 0.6) is 11.5 Å². The zero-order valence-electron chi connectivity index (χ0n) is 10.9. The second-order valence-electron chi connectivity index (χ2n) is 4.74. The van der Waals surface area contributed by atoms with Gasteiger partial charge in [0.1, 0.15) is 11.5 Å². The van der Waals surface area contributed by atoms with Gasteiger partial charge in [-0.05, 0) is 12.1 Å². The SMILES string of the molecule is COc1ccc(OC)c(NCC(C)(C)CO)c1. The van der Waals surface area contributed by atoms with E-state index in [0.717, 1.165) is 17.2 Å². The van der Waals surface area contributed by atoms with Gasteiger partial charge in [-0.2, -0.15) is 0 Å². The van der Waals surface area contributed by atoms with Crippen molar-refractivity contribution in [1.82, 2.24) is 0 Å². The summed E-state index contributed by atoms with van der Waals surface area (Å²) in [6.45, 7) is 4.78. The molecule has 1 rings (SSSR count). The van der Waals surface area contributed by atoms with Gasteiger partial charge in [0, 0.05) is 24.6 Å². The highest BCUT2D eigenvalue weighted by molar-refractivity contribution is 5.59. The van der Waals surface area contributed by atoms with Crippen molar-refractivity contribution in [3.05, 3.63) is 18.2 Å². The lowest BCUT2D eigenvalue weighted by molar-refractivity contribution is 0.170. The van der Waals surface area contributed by atoms with E-state index in [1.807, 2.05) is 32.0 Å². The molecule has 0 radical (unpaired) electrons. The maximum Gasteiger partial charge on any atom is 0.142 e. The molecule has 4 heteroatoms. The van der Waals surface area contributed by atoms with Crippen molar-refractivity contribution >= 4 is 5.69 Å². The largest absolute Gasteiger partial charge is 0.497 e. The summed E-state index contributed by atoms with van der Waals surface area (Å²) in [5, 5.41) is 12.5. The lowest BCUT2D eigenvalue weighted by Crippen LogP contribution is -2.26. The van der Waals surface area contributed by atoms with E-state index in [-0.39, 0.29) is 12.0 Å². The quantitative estimate of drug-likeness (QED) is 0.798. The Morgan fingerprint density at radius 2 is 1.94 bits per heavy atom. The number of rotatable bonds is 6. The van der Waals surface area contributed by atoms with Crippen LogP contribution in [0.4, 0.5) is 5.69 Å². The van der Waals surface area contributed by atoms with E-state index >= 15 is 0 Å². The number of hydrogen-bond donors (Lipinski definition) is 2. The first-order chi connectivity index (χ1) is 8.02. The van der Waals surface area contributed by atoms with Crippen LogP contribution in [0.25, 0.3) is 0 Å². The fourth-order valence-electron chi connectivity index (χ4n) is 1.34. The van der Waals surface area contributed by atoms with Crippen LogP contribution in [0.2, 0.25) is 0 Å². The Bertz CT molecular complexity index is 364. The third kappa shape index (κ3) is 3.82. The van der Waals surface area contributed by atoms with Gasteiger partial charge >= 0.3 is 0 Å². The van der Waals surface area contributed by atoms with Crippen molar-refractivity contribution in [1.29, 1.82) is 0 Å². The third-order valence-electron chi connectivity index (χ3n) is 2.59. The van der Waals surface area contributed by atoms with E-state index < -0.39 is 0 Å². The molecule has 0 spiro atoms. The van der Waals surface area contributed by atoms with Gasteiger partial charge in [-0.15, -0.1) is 0 Å². The van der Waals surface area contributed by atoms with Crippen molar-refractivity contribution in [2.75, 3.05) is 32.7 Å². The summed E-state index contributed by atoms with van der Waals surface area (Å²) in [6.07, 6.45) is 0. The summed E-state index contributed by atoms with van der Waals surface area (Å²) in [7, 11) is 3.26. The molecule has 17 heavy (non-hydrogen) atoms. The molecule has 0 aliphatic carbocycles. The van der Waals surface area contributed by atoms with E-state index in [0.29, 0.717) is 6.54 Å². The van der Waals surface area contributed by atoms with Crippen LogP contribution in [0, 0.1) is 5.41 Å². The second kappa shape index (κ2) is 5.77. The molecule has 0 atom stereocenters. The Balaban J connectivity index is 2.81. The van der Waals surface area contributed by atoms with Crippen LogP contribution in [-0.2, 0) is 0 Å². The molecule has 0 aliphatic rings. The van der Waals surface area contributed by atoms with Gasteiger partial charge in [0.05, 0.1) is 19.9 Å². The van der Waals surface area contributed by atoms with Crippen molar-refractivity contribution in [3.8, 4) is 11.5 Å². The van der Waals surface area contributed by atoms with Crippen LogP contribution in [0.1, 0.15) is 13.8 Å². The first-order valence-electron chi connectivity index (χ1n) is 5.59. The van der Waals surface area contributed by atoms with Crippen LogP contribution in [0.3, 0.4) is 0 Å². The van der Waals surface area contributed by atoms with Crippen LogP contribution < -0.4 is 14.8 Å². The van der Waals surface area contributed by atoms with Gasteiger partial charge in [-0.1, -0.05) is 13.8 Å². The van der Waals surface area contributed by atoms with E-state index in [1.165, 1.54) is 0 Å². The van der Waals surface area contributed by atoms with E-state index in [1.54, 1.807) is 14.2 Å². The molecule has 0 aromatic heterocycles. The molecule has 0 aliphatic heterocycles. The summed E-state index contributed by atoms with van der Waals surface area (Å²) in [4.78, 5) is 0. The average Bonchev–Trinajstić information content (AvgIpc) is 2.36. The highest BCUT2D eigenvalue weighted by Gasteiger charge is 2.17. The first kappa shape index (κ1) is 13.6. The van der Waals surface area contributed by atoms with Crippen molar-refractivity contribution < 1.29 is 14.6 Å². The predicted octanol–water partition coefficient (Wildman–Crippen LogP) is 2.13. The number of nitrogens with one attached hydrogen (secondary N) is 1. The van der Waals surface area contributed by atoms with Crippen LogP contribution in [-0.4, -0.2) is 32.5 Å². The number of ether oxygens (including phenoxy) is 2. The van der Waals surface area contributed by atoms with Gasteiger partial charge in [0.2, 0.25) is 0 Å². The number of methoxy groups -OCH3 is 2. The Hall–Kier alpha value is -1.42. The molecule has 0 bridgehead atoms. The zero-order valence-corrected chi connectivity index (χ0v) is 10.9. The van der Waals surface area contributed by atoms with Crippen LogP contribution >= 0.6 is 0 Å². The minimum Gasteiger partial charge on any atom is -0.497 e. The molecule has 0 saturated heterocycles. The topological polar surface area (TPSA) is 50.7 Å². The molecular formula is C13H21NO3. The molecule has 0 heterocycles. The minimum atomic E-state index is -0.173. The lowest BCUT2D eigenvalue weighted by Gasteiger charge is -2.23. The number of hydrogen-bond acceptors (Lipinski definition) is 4. The molecule has 4 nitrogen and oxygen atoms in total. The smallest absolute Gasteiger partial charge is 0.142 e. The van der Waals surface area contributed by atoms with Gasteiger partial charge in [0.15, 0.2) is 0 Å². The lowest BCUT2D eigenvalue weighted by atomic mass is 9.95. The van der Waals surface area contributed by atoms with E-state index in [4.69, 9.17) is 9.47 Å². The molecule has 0 saturated carbocycles. The summed E-state index contributed by atoms with van der Waals surface area (Å²) < 4.78 is 10.4. The standard InChI is InChI=1S/C13H21NO3/c1-13(2,9-15)8-14-11-7-10(16-3)5-6-12(11)17-4/h5-7,14-15H,8-9H2,1-4H3. The molecule has 0 unspecified atom stereocenters. The van der Waals surface area contributed by atoms with Crippen molar-refractivity contribution in [3.63, 3.8) is 0 Å². The van der Waals surface area contributed by atoms with Gasteiger partial charge in [0.25, 0.3) is 0 Å². The zero-order chi connectivity index (χ0) is 12.9. The highest BCUT2D eigenvalue weighted by atomic mass is 16.5. The Morgan fingerprint density at radius 1 is 1.24 bits per heavy atom. The summed E-state index contributed by atoms with van der Waals surface area (Å²) in [5.41, 5.74) is 0.696. The molecule has 0 amide bonds. The second-order valence-corrected chi connectivity index (χ2v) is 4.74. The summed E-state index contributed by atoms with van der Waals surface area (Å²) >= 11 is 0. The van der Waals surface area contributed by atoms with E-state index in [9.17, 15) is 5.11 Å². The van der Waals surface area contributed by atoms with Crippen molar-refractivity contribution in [2.24, 2.45) is 5.41 Å². The van der Waals surface area contributed by atoms with Gasteiger partial charge in [-0.25, -0.2) is 0 Å². The van der Waals surface area contributed by atoms with Crippen molar-refractivity contribution in [2.45, 2.75) is 13.8 Å². The monoisotopic (exact) mass is 239 g/mol. The maximum atomic E-state index is 9.20. The first-order valence-corrected chi connectivity index (χ1v) is 5.59. The predicted molar refractivity (Wildman–Crippen MR) is 68.9 cm³/mol. The maximum absolute atomic E-state index is 9.20. The molecule has 96 valence electrons. The molecule has 1 aromatic carbocycles. The fourth-order valence-corrected chi connectivity index (χ4v) is 1.34. The number of anilines is 1. The Kier molecular flexibility index (Phi) is 4.63. The molecular weight excluding hydrogens is 218 g/mol. The number of aliphatic hydroxyl groups is 1. The molecule has 2 N–H and O–H groups in total.